The number of para-hydroxylation sites is 2. The first-order chi connectivity index (χ1) is 30.2. The van der Waals surface area contributed by atoms with Gasteiger partial charge in [-0.05, 0) is 137 Å². The van der Waals surface area contributed by atoms with E-state index < -0.39 is 0 Å². The molecule has 0 amide bonds. The Balaban J connectivity index is 1.08. The van der Waals surface area contributed by atoms with Gasteiger partial charge in [0.2, 0.25) is 0 Å². The van der Waals surface area contributed by atoms with Crippen molar-refractivity contribution in [1.29, 1.82) is 0 Å². The first-order valence-corrected chi connectivity index (χ1v) is 21.2. The van der Waals surface area contributed by atoms with Crippen molar-refractivity contribution < 1.29 is 0 Å². The quantitative estimate of drug-likeness (QED) is 0.141. The van der Waals surface area contributed by atoms with Crippen LogP contribution in [0.3, 0.4) is 0 Å². The van der Waals surface area contributed by atoms with Crippen LogP contribution in [0.5, 0.6) is 0 Å². The summed E-state index contributed by atoms with van der Waals surface area (Å²) in [5.41, 5.74) is 17.8. The summed E-state index contributed by atoms with van der Waals surface area (Å²) in [4.78, 5) is 4.91. The predicted molar refractivity (Wildman–Crippen MR) is 258 cm³/mol. The summed E-state index contributed by atoms with van der Waals surface area (Å²) >= 11 is 0. The van der Waals surface area contributed by atoms with Gasteiger partial charge in [-0.25, -0.2) is 4.98 Å². The van der Waals surface area contributed by atoms with Gasteiger partial charge in [0.25, 0.3) is 0 Å². The highest BCUT2D eigenvalue weighted by atomic mass is 15.1. The van der Waals surface area contributed by atoms with E-state index in [4.69, 9.17) is 4.98 Å². The smallest absolute Gasteiger partial charge is 0.114 e. The zero-order valence-corrected chi connectivity index (χ0v) is 34.0. The molecule has 2 nitrogen and oxygen atoms in total. The molecule has 0 aliphatic rings. The highest BCUT2D eigenvalue weighted by molar-refractivity contribution is 6.22. The van der Waals surface area contributed by atoms with Crippen molar-refractivity contribution in [2.45, 2.75) is 13.3 Å². The van der Waals surface area contributed by atoms with E-state index in [1.165, 1.54) is 88.3 Å². The summed E-state index contributed by atoms with van der Waals surface area (Å²) in [7, 11) is 0. The van der Waals surface area contributed by atoms with E-state index >= 15 is 0 Å². The van der Waals surface area contributed by atoms with Crippen LogP contribution in [0.25, 0.3) is 105 Å². The van der Waals surface area contributed by atoms with E-state index in [9.17, 15) is 0 Å². The molecule has 11 aromatic rings. The van der Waals surface area contributed by atoms with Crippen molar-refractivity contribution in [1.82, 2.24) is 9.55 Å². The van der Waals surface area contributed by atoms with Crippen molar-refractivity contribution in [2.24, 2.45) is 0 Å². The highest BCUT2D eigenvalue weighted by Crippen LogP contribution is 2.46. The van der Waals surface area contributed by atoms with Crippen LogP contribution in [0, 0.1) is 0 Å². The van der Waals surface area contributed by atoms with Gasteiger partial charge in [-0.1, -0.05) is 183 Å². The molecule has 0 saturated carbocycles. The fraction of sp³-hybridized carbons (Fsp3) is 0.0339. The molecule has 0 unspecified atom stereocenters. The third-order valence-corrected chi connectivity index (χ3v) is 12.1. The number of hydrogen-bond acceptors (Lipinski definition) is 1. The van der Waals surface area contributed by atoms with E-state index in [1.807, 2.05) is 0 Å². The molecule has 0 aliphatic heterocycles. The fourth-order valence-corrected chi connectivity index (χ4v) is 9.21. The second kappa shape index (κ2) is 15.4. The van der Waals surface area contributed by atoms with Crippen molar-refractivity contribution in [3.63, 3.8) is 0 Å². The molecule has 0 atom stereocenters. The average molecular weight is 779 g/mol. The first kappa shape index (κ1) is 36.3. The summed E-state index contributed by atoms with van der Waals surface area (Å²) in [6.07, 6.45) is 0.866. The minimum Gasteiger partial charge on any atom is -0.296 e. The van der Waals surface area contributed by atoms with Gasteiger partial charge in [-0.2, -0.15) is 0 Å². The second-order valence-corrected chi connectivity index (χ2v) is 15.8. The molecule has 11 rings (SSSR count). The molecule has 0 radical (unpaired) electrons. The van der Waals surface area contributed by atoms with Crippen LogP contribution in [-0.4, -0.2) is 9.55 Å². The molecule has 0 saturated heterocycles. The van der Waals surface area contributed by atoms with Crippen molar-refractivity contribution in [3.05, 3.63) is 230 Å². The summed E-state index contributed by atoms with van der Waals surface area (Å²) in [5, 5.41) is 4.94. The molecule has 0 N–H and O–H groups in total. The summed E-state index contributed by atoms with van der Waals surface area (Å²) in [6.45, 7) is 2.17. The molecule has 1 heterocycles. The van der Waals surface area contributed by atoms with Crippen molar-refractivity contribution in [3.8, 4) is 72.4 Å². The van der Waals surface area contributed by atoms with Gasteiger partial charge in [-0.15, -0.1) is 0 Å². The van der Waals surface area contributed by atoms with E-state index in [1.54, 1.807) is 0 Å². The number of hydrogen-bond donors (Lipinski definition) is 0. The van der Waals surface area contributed by atoms with Crippen LogP contribution in [0.2, 0.25) is 0 Å². The van der Waals surface area contributed by atoms with Gasteiger partial charge in [0.15, 0.2) is 0 Å². The Morgan fingerprint density at radius 3 is 1.34 bits per heavy atom. The maximum absolute atomic E-state index is 4.91. The average Bonchev–Trinajstić information content (AvgIpc) is 3.73. The van der Waals surface area contributed by atoms with E-state index in [-0.39, 0.29) is 0 Å². The van der Waals surface area contributed by atoms with Gasteiger partial charge in [-0.3, -0.25) is 4.57 Å². The van der Waals surface area contributed by atoms with Crippen LogP contribution >= 0.6 is 0 Å². The maximum atomic E-state index is 4.91. The molecule has 288 valence electrons. The monoisotopic (exact) mass is 778 g/mol. The number of nitrogens with zero attached hydrogens (tertiary/aromatic N) is 2. The predicted octanol–water partition coefficient (Wildman–Crippen LogP) is 15.9. The minimum atomic E-state index is 0.866. The summed E-state index contributed by atoms with van der Waals surface area (Å²) in [6, 6.07) is 81.8. The third kappa shape index (κ3) is 6.59. The maximum Gasteiger partial charge on any atom is 0.114 e. The first-order valence-electron chi connectivity index (χ1n) is 21.2. The molecule has 1 aromatic heterocycles. The summed E-state index contributed by atoms with van der Waals surface area (Å²) in [5.74, 6) is 1.07. The Labute approximate surface area is 356 Å². The Morgan fingerprint density at radius 1 is 0.328 bits per heavy atom. The number of benzene rings is 10. The Morgan fingerprint density at radius 2 is 0.754 bits per heavy atom. The fourth-order valence-electron chi connectivity index (χ4n) is 9.21. The van der Waals surface area contributed by atoms with E-state index in [0.717, 1.165) is 29.0 Å². The largest absolute Gasteiger partial charge is 0.296 e. The van der Waals surface area contributed by atoms with Gasteiger partial charge >= 0.3 is 0 Å². The number of rotatable bonds is 8. The van der Waals surface area contributed by atoms with Crippen molar-refractivity contribution in [2.75, 3.05) is 0 Å². The van der Waals surface area contributed by atoms with Gasteiger partial charge in [0.05, 0.1) is 11.0 Å². The Hall–Kier alpha value is -7.81. The molecule has 0 aliphatic carbocycles. The lowest BCUT2D eigenvalue weighted by Crippen LogP contribution is -1.99. The van der Waals surface area contributed by atoms with E-state index in [0.29, 0.717) is 0 Å². The normalized spacial score (nSPS) is 11.4. The zero-order valence-electron chi connectivity index (χ0n) is 34.0. The van der Waals surface area contributed by atoms with Gasteiger partial charge in [0, 0.05) is 12.1 Å². The van der Waals surface area contributed by atoms with Crippen LogP contribution in [0.15, 0.2) is 224 Å². The van der Waals surface area contributed by atoms with Crippen LogP contribution < -0.4 is 0 Å². The highest BCUT2D eigenvalue weighted by Gasteiger charge is 2.19. The molecule has 10 aromatic carbocycles. The number of aryl methyl sites for hydroxylation is 1. The van der Waals surface area contributed by atoms with Crippen molar-refractivity contribution >= 4 is 32.6 Å². The summed E-state index contributed by atoms with van der Waals surface area (Å²) < 4.78 is 2.28. The lowest BCUT2D eigenvalue weighted by Gasteiger charge is -2.20. The number of aromatic nitrogens is 2. The molecule has 0 fully saturated rings. The molecule has 0 bridgehead atoms. The number of fused-ring (bicyclic) bond motifs is 3. The van der Waals surface area contributed by atoms with Gasteiger partial charge in [0.1, 0.15) is 5.82 Å². The van der Waals surface area contributed by atoms with Crippen LogP contribution in [-0.2, 0) is 6.42 Å². The Kier molecular flexibility index (Phi) is 9.17. The lowest BCUT2D eigenvalue weighted by atomic mass is 9.83. The third-order valence-electron chi connectivity index (χ3n) is 12.1. The number of imidazole rings is 1. The molecular weight excluding hydrogens is 737 g/mol. The second-order valence-electron chi connectivity index (χ2n) is 15.8. The zero-order chi connectivity index (χ0) is 40.7. The van der Waals surface area contributed by atoms with Crippen LogP contribution in [0.4, 0.5) is 0 Å². The molecule has 2 heteroatoms. The van der Waals surface area contributed by atoms with Crippen LogP contribution in [0.1, 0.15) is 12.7 Å². The lowest BCUT2D eigenvalue weighted by molar-refractivity contribution is 0.908. The SMILES string of the molecule is CCc1nc2ccccc2n1-c1ccc(-c2ccc(-c3c4ccccc4c(-c4cc(-c5ccccc5)cc(-c5ccccc5)c4)c4cc(-c5ccccc5)ccc34)cc2)cc1. The van der Waals surface area contributed by atoms with E-state index in [2.05, 4.69) is 236 Å². The Bertz CT molecular complexity index is 3290. The molecular formula is C59H42N2. The standard InChI is InChI=1S/C59H42N2/c1-2-57-60-55-24-14-15-25-56(55)61(57)50-33-30-44(31-34-50)43-26-28-45(29-27-43)58-51-22-12-13-23-52(51)59(54-39-46(32-35-53(54)58)40-16-6-3-7-17-40)49-37-47(41-18-8-4-9-19-41)36-48(38-49)42-20-10-5-11-21-42/h3-39H,2H2,1H3. The molecule has 61 heavy (non-hydrogen) atoms. The topological polar surface area (TPSA) is 17.8 Å². The molecule has 0 spiro atoms. The van der Waals surface area contributed by atoms with Gasteiger partial charge < -0.3 is 0 Å². The minimum absolute atomic E-state index is 0.866.